The van der Waals surface area contributed by atoms with Crippen LogP contribution >= 0.6 is 0 Å². The van der Waals surface area contributed by atoms with Crippen molar-refractivity contribution >= 4 is 22.7 Å². The summed E-state index contributed by atoms with van der Waals surface area (Å²) in [5, 5.41) is 6.76. The highest BCUT2D eigenvalue weighted by Crippen LogP contribution is 2.28. The van der Waals surface area contributed by atoms with Gasteiger partial charge in [-0.15, -0.1) is 0 Å². The van der Waals surface area contributed by atoms with Gasteiger partial charge in [0.05, 0.1) is 12.3 Å². The third kappa shape index (κ3) is 5.67. The Morgan fingerprint density at radius 1 is 0.775 bits per heavy atom. The molecule has 2 aliphatic rings. The lowest BCUT2D eigenvalue weighted by atomic mass is 9.95. The van der Waals surface area contributed by atoms with Crippen LogP contribution in [0.1, 0.15) is 27.8 Å². The molecule has 4 N–H and O–H groups in total. The lowest BCUT2D eigenvalue weighted by Gasteiger charge is -2.17. The smallest absolute Gasteiger partial charge is 0.0743 e. The number of hydrogen-bond acceptors (Lipinski definition) is 4. The number of nitrogen functional groups attached to an aromatic ring is 1. The topological polar surface area (TPSA) is 62.4 Å². The van der Waals surface area contributed by atoms with Crippen molar-refractivity contribution in [2.24, 2.45) is 4.99 Å². The van der Waals surface area contributed by atoms with Crippen LogP contribution in [-0.2, 0) is 6.54 Å². The Morgan fingerprint density at radius 2 is 1.57 bits per heavy atom. The molecule has 2 aliphatic heterocycles. The van der Waals surface area contributed by atoms with E-state index in [1.54, 1.807) is 0 Å². The summed E-state index contributed by atoms with van der Waals surface area (Å²) in [4.78, 5) is 5.24. The number of dihydropyridines is 2. The summed E-state index contributed by atoms with van der Waals surface area (Å²) in [5.41, 5.74) is 18.3. The summed E-state index contributed by atoms with van der Waals surface area (Å²) in [6.45, 7) is 2.17. The molecule has 4 heteroatoms. The summed E-state index contributed by atoms with van der Waals surface area (Å²) in [5.74, 6) is 0. The van der Waals surface area contributed by atoms with Gasteiger partial charge in [-0.2, -0.15) is 0 Å². The predicted molar refractivity (Wildman–Crippen MR) is 169 cm³/mol. The molecule has 0 aromatic heterocycles. The van der Waals surface area contributed by atoms with Crippen molar-refractivity contribution in [3.8, 4) is 11.1 Å². The van der Waals surface area contributed by atoms with Crippen molar-refractivity contribution in [3.63, 3.8) is 0 Å². The summed E-state index contributed by atoms with van der Waals surface area (Å²) < 4.78 is 0. The lowest BCUT2D eigenvalue weighted by molar-refractivity contribution is 0.974. The van der Waals surface area contributed by atoms with Gasteiger partial charge in [-0.1, -0.05) is 85.0 Å². The molecule has 0 unspecified atom stereocenters. The minimum absolute atomic E-state index is 0.526. The molecule has 0 amide bonds. The van der Waals surface area contributed by atoms with Crippen molar-refractivity contribution in [1.29, 1.82) is 0 Å². The zero-order valence-corrected chi connectivity index (χ0v) is 22.3. The van der Waals surface area contributed by atoms with Crippen LogP contribution in [0.2, 0.25) is 0 Å². The number of hydrogen-bond donors (Lipinski definition) is 3. The first kappa shape index (κ1) is 25.2. The third-order valence-corrected chi connectivity index (χ3v) is 7.15. The SMILES string of the molecule is Nc1ccc(-c2ccccc2)cc1C(=NCc1cc(C2=CCNC=C2)cc(C2=CC=CCN2)c1)c1ccccc1. The van der Waals surface area contributed by atoms with E-state index in [9.17, 15) is 0 Å². The van der Waals surface area contributed by atoms with Crippen molar-refractivity contribution < 1.29 is 0 Å². The zero-order chi connectivity index (χ0) is 27.1. The molecule has 0 saturated carbocycles. The van der Waals surface area contributed by atoms with Crippen LogP contribution in [0.25, 0.3) is 22.4 Å². The number of nitrogens with zero attached hydrogens (tertiary/aromatic N) is 1. The summed E-state index contributed by atoms with van der Waals surface area (Å²) in [6, 6.07) is 33.7. The Hall–Kier alpha value is -5.09. The number of anilines is 1. The van der Waals surface area contributed by atoms with Gasteiger partial charge < -0.3 is 16.4 Å². The molecule has 0 atom stereocenters. The van der Waals surface area contributed by atoms with E-state index >= 15 is 0 Å². The maximum absolute atomic E-state index is 6.59. The van der Waals surface area contributed by atoms with Gasteiger partial charge in [0.15, 0.2) is 0 Å². The maximum Gasteiger partial charge on any atom is 0.0743 e. The molecular weight excluding hydrogens is 488 g/mol. The first-order valence-corrected chi connectivity index (χ1v) is 13.7. The summed E-state index contributed by atoms with van der Waals surface area (Å²) in [7, 11) is 0. The van der Waals surface area contributed by atoms with E-state index in [0.717, 1.165) is 57.9 Å². The number of nitrogens with two attached hydrogens (primary N) is 1. The fraction of sp³-hybridized carbons (Fsp3) is 0.0833. The predicted octanol–water partition coefficient (Wildman–Crippen LogP) is 6.97. The fourth-order valence-electron chi connectivity index (χ4n) is 5.10. The van der Waals surface area contributed by atoms with Gasteiger partial charge in [-0.05, 0) is 82.1 Å². The average molecular weight is 521 g/mol. The molecule has 0 fully saturated rings. The largest absolute Gasteiger partial charge is 0.398 e. The van der Waals surface area contributed by atoms with Crippen molar-refractivity contribution in [1.82, 2.24) is 10.6 Å². The Labute approximate surface area is 236 Å². The maximum atomic E-state index is 6.59. The molecule has 0 bridgehead atoms. The minimum atomic E-state index is 0.526. The quantitative estimate of drug-likeness (QED) is 0.182. The van der Waals surface area contributed by atoms with E-state index in [4.69, 9.17) is 10.7 Å². The number of allylic oxidation sites excluding steroid dienone is 4. The van der Waals surface area contributed by atoms with Gasteiger partial charge >= 0.3 is 0 Å². The van der Waals surface area contributed by atoms with E-state index in [0.29, 0.717) is 12.2 Å². The number of nitrogens with one attached hydrogen (secondary N) is 2. The monoisotopic (exact) mass is 520 g/mol. The molecule has 4 aromatic rings. The van der Waals surface area contributed by atoms with Crippen LogP contribution < -0.4 is 16.4 Å². The van der Waals surface area contributed by atoms with Crippen LogP contribution in [-0.4, -0.2) is 18.8 Å². The summed E-state index contributed by atoms with van der Waals surface area (Å²) in [6.07, 6.45) is 12.7. The van der Waals surface area contributed by atoms with Crippen LogP contribution in [0.4, 0.5) is 5.69 Å². The number of benzene rings is 4. The molecular formula is C36H32N4. The van der Waals surface area contributed by atoms with Gasteiger partial charge in [-0.3, -0.25) is 4.99 Å². The molecule has 196 valence electrons. The fourth-order valence-corrected chi connectivity index (χ4v) is 5.10. The van der Waals surface area contributed by atoms with Gasteiger partial charge in [0.25, 0.3) is 0 Å². The first-order valence-electron chi connectivity index (χ1n) is 13.7. The molecule has 0 spiro atoms. The second-order valence-corrected chi connectivity index (χ2v) is 9.91. The zero-order valence-electron chi connectivity index (χ0n) is 22.3. The highest BCUT2D eigenvalue weighted by molar-refractivity contribution is 6.16. The molecule has 6 rings (SSSR count). The molecule has 0 saturated heterocycles. The minimum Gasteiger partial charge on any atom is -0.398 e. The Morgan fingerprint density at radius 3 is 2.33 bits per heavy atom. The van der Waals surface area contributed by atoms with Crippen molar-refractivity contribution in [2.45, 2.75) is 6.54 Å². The molecule has 40 heavy (non-hydrogen) atoms. The van der Waals surface area contributed by atoms with Gasteiger partial charge in [-0.25, -0.2) is 0 Å². The van der Waals surface area contributed by atoms with E-state index < -0.39 is 0 Å². The first-order chi connectivity index (χ1) is 19.7. The molecule has 4 aromatic carbocycles. The Bertz CT molecular complexity index is 1660. The highest BCUT2D eigenvalue weighted by atomic mass is 14.9. The van der Waals surface area contributed by atoms with E-state index in [2.05, 4.69) is 108 Å². The summed E-state index contributed by atoms with van der Waals surface area (Å²) >= 11 is 0. The standard InChI is InChI=1S/C36H32N4/c37-34-15-14-30(27-9-3-1-4-10-27)24-33(34)36(29-11-5-2-6-12-29)40-25-26-21-31(28-16-19-38-20-17-28)23-32(22-26)35-13-7-8-18-39-35/h1-17,19,21-24,38-39H,18,20,25,37H2. The second kappa shape index (κ2) is 11.7. The lowest BCUT2D eigenvalue weighted by Crippen LogP contribution is -2.15. The van der Waals surface area contributed by atoms with Crippen LogP contribution in [0.15, 0.2) is 139 Å². The number of aliphatic imine (C=N–C) groups is 1. The molecule has 2 heterocycles. The van der Waals surface area contributed by atoms with Gasteiger partial charge in [0, 0.05) is 35.6 Å². The van der Waals surface area contributed by atoms with Crippen molar-refractivity contribution in [3.05, 3.63) is 161 Å². The van der Waals surface area contributed by atoms with E-state index in [1.807, 2.05) is 36.5 Å². The second-order valence-electron chi connectivity index (χ2n) is 9.91. The number of rotatable bonds is 7. The molecule has 0 aliphatic carbocycles. The highest BCUT2D eigenvalue weighted by Gasteiger charge is 2.14. The van der Waals surface area contributed by atoms with Crippen LogP contribution in [0.3, 0.4) is 0 Å². The van der Waals surface area contributed by atoms with E-state index in [-0.39, 0.29) is 0 Å². The normalized spacial score (nSPS) is 14.7. The Balaban J connectivity index is 1.44. The average Bonchev–Trinajstić information content (AvgIpc) is 3.03. The van der Waals surface area contributed by atoms with Gasteiger partial charge in [0.1, 0.15) is 0 Å². The van der Waals surface area contributed by atoms with Crippen LogP contribution in [0.5, 0.6) is 0 Å². The Kier molecular flexibility index (Phi) is 7.40. The van der Waals surface area contributed by atoms with Crippen molar-refractivity contribution in [2.75, 3.05) is 18.8 Å². The third-order valence-electron chi connectivity index (χ3n) is 7.15. The van der Waals surface area contributed by atoms with Crippen LogP contribution in [0, 0.1) is 0 Å². The molecule has 0 radical (unpaired) electrons. The van der Waals surface area contributed by atoms with Gasteiger partial charge in [0.2, 0.25) is 0 Å². The molecule has 4 nitrogen and oxygen atoms in total. The van der Waals surface area contributed by atoms with E-state index in [1.165, 1.54) is 11.1 Å².